The molecule has 0 aliphatic heterocycles. The highest BCUT2D eigenvalue weighted by molar-refractivity contribution is 6.31. The fraction of sp³-hybridized carbons (Fsp3) is 0.231. The normalized spacial score (nSPS) is 12.4. The summed E-state index contributed by atoms with van der Waals surface area (Å²) in [5.74, 6) is 5.08. The molecule has 0 aliphatic carbocycles. The standard InChI is InChI=1S/C13H14ClFN4/c1-8-6-18-12(7-17-8)11(19-16)5-9-3-2-4-10(15)13(9)14/h2-4,6-7,11,19H,5,16H2,1H3. The van der Waals surface area contributed by atoms with E-state index in [0.29, 0.717) is 17.7 Å². The molecule has 19 heavy (non-hydrogen) atoms. The van der Waals surface area contributed by atoms with Gasteiger partial charge < -0.3 is 0 Å². The zero-order chi connectivity index (χ0) is 13.8. The van der Waals surface area contributed by atoms with E-state index in [4.69, 9.17) is 17.4 Å². The van der Waals surface area contributed by atoms with Crippen LogP contribution >= 0.6 is 11.6 Å². The third-order valence-electron chi connectivity index (χ3n) is 2.81. The SMILES string of the molecule is Cc1cnc(C(Cc2cccc(F)c2Cl)NN)cn1. The molecular weight excluding hydrogens is 267 g/mol. The zero-order valence-corrected chi connectivity index (χ0v) is 11.2. The van der Waals surface area contributed by atoms with Crippen LogP contribution < -0.4 is 11.3 Å². The lowest BCUT2D eigenvalue weighted by Crippen LogP contribution is -2.30. The Labute approximate surface area is 115 Å². The predicted octanol–water partition coefficient (Wildman–Crippen LogP) is 2.32. The van der Waals surface area contributed by atoms with Crippen molar-refractivity contribution in [2.45, 2.75) is 19.4 Å². The molecule has 0 saturated heterocycles. The first-order chi connectivity index (χ1) is 9.11. The smallest absolute Gasteiger partial charge is 0.142 e. The first-order valence-electron chi connectivity index (χ1n) is 5.79. The molecule has 3 N–H and O–H groups in total. The van der Waals surface area contributed by atoms with Crippen LogP contribution in [0.25, 0.3) is 0 Å². The first kappa shape index (κ1) is 13.9. The first-order valence-corrected chi connectivity index (χ1v) is 6.17. The second-order valence-electron chi connectivity index (χ2n) is 4.22. The van der Waals surface area contributed by atoms with Crippen LogP contribution in [-0.4, -0.2) is 9.97 Å². The number of hydrogen-bond acceptors (Lipinski definition) is 4. The predicted molar refractivity (Wildman–Crippen MR) is 71.9 cm³/mol. The number of aromatic nitrogens is 2. The Morgan fingerprint density at radius 2 is 2.16 bits per heavy atom. The molecular formula is C13H14ClFN4. The Morgan fingerprint density at radius 1 is 1.37 bits per heavy atom. The van der Waals surface area contributed by atoms with Crippen molar-refractivity contribution in [2.75, 3.05) is 0 Å². The summed E-state index contributed by atoms with van der Waals surface area (Å²) < 4.78 is 13.4. The molecule has 0 aliphatic rings. The van der Waals surface area contributed by atoms with Crippen LogP contribution in [0.4, 0.5) is 4.39 Å². The molecule has 2 aromatic rings. The van der Waals surface area contributed by atoms with Crippen LogP contribution in [0.5, 0.6) is 0 Å². The maximum Gasteiger partial charge on any atom is 0.142 e. The van der Waals surface area contributed by atoms with Crippen molar-refractivity contribution in [1.82, 2.24) is 15.4 Å². The van der Waals surface area contributed by atoms with E-state index in [9.17, 15) is 4.39 Å². The van der Waals surface area contributed by atoms with E-state index in [1.54, 1.807) is 24.5 Å². The second kappa shape index (κ2) is 6.06. The van der Waals surface area contributed by atoms with E-state index < -0.39 is 5.82 Å². The molecule has 6 heteroatoms. The average molecular weight is 281 g/mol. The maximum absolute atomic E-state index is 13.4. The maximum atomic E-state index is 13.4. The Bertz CT molecular complexity index is 559. The number of hydrazine groups is 1. The number of aryl methyl sites for hydroxylation is 1. The molecule has 0 spiro atoms. The molecule has 4 nitrogen and oxygen atoms in total. The number of hydrogen-bond donors (Lipinski definition) is 2. The summed E-state index contributed by atoms with van der Waals surface area (Å²) in [5.41, 5.74) is 4.83. The van der Waals surface area contributed by atoms with Gasteiger partial charge in [0.2, 0.25) is 0 Å². The van der Waals surface area contributed by atoms with Crippen LogP contribution in [0.2, 0.25) is 5.02 Å². The number of halogens is 2. The quantitative estimate of drug-likeness (QED) is 0.666. The van der Waals surface area contributed by atoms with Crippen molar-refractivity contribution in [3.63, 3.8) is 0 Å². The van der Waals surface area contributed by atoms with Crippen molar-refractivity contribution in [1.29, 1.82) is 0 Å². The van der Waals surface area contributed by atoms with E-state index in [1.807, 2.05) is 6.92 Å². The van der Waals surface area contributed by atoms with Gasteiger partial charge in [-0.15, -0.1) is 0 Å². The number of nitrogens with one attached hydrogen (secondary N) is 1. The van der Waals surface area contributed by atoms with Gasteiger partial charge in [0, 0.05) is 6.20 Å². The van der Waals surface area contributed by atoms with Crippen molar-refractivity contribution in [3.8, 4) is 0 Å². The number of benzene rings is 1. The number of nitrogens with zero attached hydrogens (tertiary/aromatic N) is 2. The van der Waals surface area contributed by atoms with E-state index >= 15 is 0 Å². The minimum Gasteiger partial charge on any atom is -0.271 e. The molecule has 100 valence electrons. The average Bonchev–Trinajstić information content (AvgIpc) is 2.42. The molecule has 0 fully saturated rings. The van der Waals surface area contributed by atoms with E-state index in [-0.39, 0.29) is 11.1 Å². The van der Waals surface area contributed by atoms with Gasteiger partial charge in [-0.1, -0.05) is 23.7 Å². The zero-order valence-electron chi connectivity index (χ0n) is 10.4. The van der Waals surface area contributed by atoms with Crippen LogP contribution in [0.1, 0.15) is 23.0 Å². The minimum absolute atomic E-state index is 0.114. The summed E-state index contributed by atoms with van der Waals surface area (Å²) in [7, 11) is 0. The number of nitrogens with two attached hydrogens (primary N) is 1. The highest BCUT2D eigenvalue weighted by atomic mass is 35.5. The van der Waals surface area contributed by atoms with Crippen molar-refractivity contribution in [3.05, 3.63) is 58.4 Å². The summed E-state index contributed by atoms with van der Waals surface area (Å²) in [6.07, 6.45) is 3.74. The molecule has 1 heterocycles. The van der Waals surface area contributed by atoms with E-state index in [0.717, 1.165) is 5.69 Å². The molecule has 0 amide bonds. The van der Waals surface area contributed by atoms with Crippen LogP contribution in [0.3, 0.4) is 0 Å². The lowest BCUT2D eigenvalue weighted by atomic mass is 10.0. The molecule has 1 atom stereocenters. The molecule has 1 unspecified atom stereocenters. The van der Waals surface area contributed by atoms with Crippen molar-refractivity contribution >= 4 is 11.6 Å². The molecule has 0 bridgehead atoms. The fourth-order valence-electron chi connectivity index (χ4n) is 1.76. The number of rotatable bonds is 4. The Morgan fingerprint density at radius 3 is 2.79 bits per heavy atom. The Kier molecular flexibility index (Phi) is 4.42. The van der Waals surface area contributed by atoms with Crippen LogP contribution in [-0.2, 0) is 6.42 Å². The fourth-order valence-corrected chi connectivity index (χ4v) is 1.96. The largest absolute Gasteiger partial charge is 0.271 e. The van der Waals surface area contributed by atoms with Gasteiger partial charge in [0.1, 0.15) is 5.82 Å². The minimum atomic E-state index is -0.440. The van der Waals surface area contributed by atoms with Gasteiger partial charge in [0.25, 0.3) is 0 Å². The molecule has 1 aromatic carbocycles. The van der Waals surface area contributed by atoms with E-state index in [2.05, 4.69) is 15.4 Å². The van der Waals surface area contributed by atoms with Gasteiger partial charge >= 0.3 is 0 Å². The highest BCUT2D eigenvalue weighted by Crippen LogP contribution is 2.24. The van der Waals surface area contributed by atoms with Gasteiger partial charge in [-0.05, 0) is 25.0 Å². The Balaban J connectivity index is 2.24. The van der Waals surface area contributed by atoms with Gasteiger partial charge in [0.15, 0.2) is 0 Å². The lowest BCUT2D eigenvalue weighted by Gasteiger charge is -2.16. The van der Waals surface area contributed by atoms with Crippen LogP contribution in [0, 0.1) is 12.7 Å². The Hall–Kier alpha value is -1.56. The third kappa shape index (κ3) is 3.26. The second-order valence-corrected chi connectivity index (χ2v) is 4.60. The summed E-state index contributed by atoms with van der Waals surface area (Å²) in [5, 5.41) is 0.114. The van der Waals surface area contributed by atoms with Crippen molar-refractivity contribution in [2.24, 2.45) is 5.84 Å². The van der Waals surface area contributed by atoms with E-state index in [1.165, 1.54) is 6.07 Å². The molecule has 0 saturated carbocycles. The van der Waals surface area contributed by atoms with Gasteiger partial charge in [0.05, 0.1) is 28.6 Å². The molecule has 2 rings (SSSR count). The van der Waals surface area contributed by atoms with Gasteiger partial charge in [-0.2, -0.15) is 0 Å². The highest BCUT2D eigenvalue weighted by Gasteiger charge is 2.15. The topological polar surface area (TPSA) is 63.8 Å². The third-order valence-corrected chi connectivity index (χ3v) is 3.24. The lowest BCUT2D eigenvalue weighted by molar-refractivity contribution is 0.533. The van der Waals surface area contributed by atoms with Crippen molar-refractivity contribution < 1.29 is 4.39 Å². The summed E-state index contributed by atoms with van der Waals surface area (Å²) in [4.78, 5) is 8.42. The summed E-state index contributed by atoms with van der Waals surface area (Å²) in [6, 6.07) is 4.43. The van der Waals surface area contributed by atoms with Crippen LogP contribution in [0.15, 0.2) is 30.6 Å². The summed E-state index contributed by atoms with van der Waals surface area (Å²) in [6.45, 7) is 1.85. The summed E-state index contributed by atoms with van der Waals surface area (Å²) >= 11 is 5.93. The van der Waals surface area contributed by atoms with Gasteiger partial charge in [-0.25, -0.2) is 4.39 Å². The molecule has 0 radical (unpaired) electrons. The van der Waals surface area contributed by atoms with Gasteiger partial charge in [-0.3, -0.25) is 21.2 Å². The monoisotopic (exact) mass is 280 g/mol. The molecule has 1 aromatic heterocycles.